The molecule has 43 heavy (non-hydrogen) atoms. The van der Waals surface area contributed by atoms with E-state index in [1.54, 1.807) is 6.08 Å². The van der Waals surface area contributed by atoms with Crippen molar-refractivity contribution in [3.8, 4) is 0 Å². The third-order valence-corrected chi connectivity index (χ3v) is 9.18. The molecule has 2 rings (SSSR count). The summed E-state index contributed by atoms with van der Waals surface area (Å²) >= 11 is 0. The lowest BCUT2D eigenvalue weighted by molar-refractivity contribution is -0.127. The molecule has 3 heteroatoms. The quantitative estimate of drug-likeness (QED) is 0.188. The van der Waals surface area contributed by atoms with Gasteiger partial charge in [0.05, 0.1) is 12.2 Å². The van der Waals surface area contributed by atoms with E-state index in [4.69, 9.17) is 0 Å². The van der Waals surface area contributed by atoms with Gasteiger partial charge in [0.2, 0.25) is 0 Å². The summed E-state index contributed by atoms with van der Waals surface area (Å²) in [5.74, 6) is 0.0853. The molecule has 1 saturated carbocycles. The third kappa shape index (κ3) is 10.9. The highest BCUT2D eigenvalue weighted by atomic mass is 16.3. The van der Waals surface area contributed by atoms with Gasteiger partial charge in [-0.15, -0.1) is 0 Å². The van der Waals surface area contributed by atoms with Crippen LogP contribution >= 0.6 is 0 Å². The van der Waals surface area contributed by atoms with E-state index >= 15 is 0 Å². The molecule has 0 radical (unpaired) electrons. The molecule has 0 aromatic rings. The number of hydrogen-bond acceptors (Lipinski definition) is 3. The summed E-state index contributed by atoms with van der Waals surface area (Å²) in [6.07, 6.45) is 30.6. The molecule has 0 bridgehead atoms. The number of hydrogen-bond donors (Lipinski definition) is 2. The van der Waals surface area contributed by atoms with E-state index in [0.717, 1.165) is 29.6 Å². The van der Waals surface area contributed by atoms with Crippen LogP contribution in [0.3, 0.4) is 0 Å². The van der Waals surface area contributed by atoms with Gasteiger partial charge in [-0.3, -0.25) is 4.79 Å². The van der Waals surface area contributed by atoms with E-state index < -0.39 is 11.5 Å². The number of aliphatic hydroxyl groups excluding tert-OH is 2. The summed E-state index contributed by atoms with van der Waals surface area (Å²) in [6.45, 7) is 20.9. The number of rotatable bonds is 11. The first kappa shape index (κ1) is 36.2. The van der Waals surface area contributed by atoms with Gasteiger partial charge in [0.1, 0.15) is 0 Å². The highest BCUT2D eigenvalue weighted by molar-refractivity contribution is 5.95. The Morgan fingerprint density at radius 1 is 0.651 bits per heavy atom. The van der Waals surface area contributed by atoms with Crippen molar-refractivity contribution in [3.63, 3.8) is 0 Å². The van der Waals surface area contributed by atoms with Gasteiger partial charge in [-0.05, 0) is 82.8 Å². The normalized spacial score (nSPS) is 27.7. The Hall–Kier alpha value is -3.01. The summed E-state index contributed by atoms with van der Waals surface area (Å²) in [4.78, 5) is 12.9. The summed E-state index contributed by atoms with van der Waals surface area (Å²) in [7, 11) is 0. The molecule has 3 atom stereocenters. The Labute approximate surface area is 262 Å². The Morgan fingerprint density at radius 2 is 1.14 bits per heavy atom. The minimum Gasteiger partial charge on any atom is -0.393 e. The van der Waals surface area contributed by atoms with Crippen LogP contribution in [0.1, 0.15) is 94.9 Å². The van der Waals surface area contributed by atoms with E-state index in [0.29, 0.717) is 12.8 Å². The first-order chi connectivity index (χ1) is 20.0. The highest BCUT2D eigenvalue weighted by Crippen LogP contribution is 2.53. The average molecular weight is 585 g/mol. The third-order valence-electron chi connectivity index (χ3n) is 9.18. The molecule has 234 valence electrons. The van der Waals surface area contributed by atoms with Crippen LogP contribution in [-0.2, 0) is 4.79 Å². The molecule has 0 aliphatic heterocycles. The maximum absolute atomic E-state index is 12.9. The Morgan fingerprint density at radius 3 is 1.63 bits per heavy atom. The van der Waals surface area contributed by atoms with Gasteiger partial charge in [-0.2, -0.15) is 0 Å². The van der Waals surface area contributed by atoms with Crippen LogP contribution < -0.4 is 0 Å². The van der Waals surface area contributed by atoms with Crippen LogP contribution in [0.5, 0.6) is 0 Å². The summed E-state index contributed by atoms with van der Waals surface area (Å²) in [5, 5.41) is 20.2. The Balaban J connectivity index is 1.89. The molecule has 0 spiro atoms. The second kappa shape index (κ2) is 15.6. The standard InChI is InChI=1S/C40H56O3/c1-29(17-13-19-31(3)21-23-36-33(5)25-34(41)26-38(36,6)7)15-11-12-16-30(2)18-14-20-32(4)22-24-37(43)40(10)28-35(42)27-39(40,8)9/h11-24,34-35,41-42H,25-28H2,1-10H3/b12-11+,17-13+,18-14+,23-21+,24-22+,29-15+,30-16-,31-19+,32-20+. The van der Waals surface area contributed by atoms with Crippen LogP contribution in [0.2, 0.25) is 0 Å². The zero-order valence-corrected chi connectivity index (χ0v) is 28.4. The second-order valence-corrected chi connectivity index (χ2v) is 14.2. The second-order valence-electron chi connectivity index (χ2n) is 14.2. The number of ketones is 1. The topological polar surface area (TPSA) is 57.5 Å². The Kier molecular flexibility index (Phi) is 13.2. The number of carbonyl (C=O) groups is 1. The molecule has 0 heterocycles. The molecule has 3 unspecified atom stereocenters. The van der Waals surface area contributed by atoms with Gasteiger partial charge < -0.3 is 10.2 Å². The molecule has 2 aliphatic carbocycles. The molecular formula is C40H56O3. The fourth-order valence-corrected chi connectivity index (χ4v) is 6.19. The van der Waals surface area contributed by atoms with Gasteiger partial charge in [-0.25, -0.2) is 0 Å². The predicted molar refractivity (Wildman–Crippen MR) is 185 cm³/mol. The maximum Gasteiger partial charge on any atom is 0.162 e. The molecule has 1 fully saturated rings. The minimum atomic E-state index is -0.532. The van der Waals surface area contributed by atoms with Crippen molar-refractivity contribution in [2.45, 2.75) is 107 Å². The molecule has 0 saturated heterocycles. The molecule has 3 nitrogen and oxygen atoms in total. The average Bonchev–Trinajstić information content (AvgIpc) is 3.10. The lowest BCUT2D eigenvalue weighted by Gasteiger charge is -2.35. The van der Waals surface area contributed by atoms with Crippen LogP contribution in [0.4, 0.5) is 0 Å². The van der Waals surface area contributed by atoms with E-state index in [9.17, 15) is 15.0 Å². The van der Waals surface area contributed by atoms with Crippen molar-refractivity contribution in [2.75, 3.05) is 0 Å². The zero-order valence-electron chi connectivity index (χ0n) is 28.4. The largest absolute Gasteiger partial charge is 0.393 e. The summed E-state index contributed by atoms with van der Waals surface area (Å²) < 4.78 is 0. The molecule has 2 N–H and O–H groups in total. The van der Waals surface area contributed by atoms with E-state index in [-0.39, 0.29) is 22.7 Å². The number of allylic oxidation sites excluding steroid dienone is 19. The lowest BCUT2D eigenvalue weighted by atomic mass is 9.66. The van der Waals surface area contributed by atoms with E-state index in [2.05, 4.69) is 97.9 Å². The van der Waals surface area contributed by atoms with E-state index in [1.165, 1.54) is 16.7 Å². The smallest absolute Gasteiger partial charge is 0.162 e. The monoisotopic (exact) mass is 584 g/mol. The fourth-order valence-electron chi connectivity index (χ4n) is 6.19. The molecule has 0 amide bonds. The molecule has 0 aromatic carbocycles. The molecular weight excluding hydrogens is 528 g/mol. The fraction of sp³-hybridized carbons (Fsp3) is 0.475. The highest BCUT2D eigenvalue weighted by Gasteiger charge is 2.52. The lowest BCUT2D eigenvalue weighted by Crippen LogP contribution is -2.36. The minimum absolute atomic E-state index is 0.00528. The van der Waals surface area contributed by atoms with Gasteiger partial charge in [0.25, 0.3) is 0 Å². The van der Waals surface area contributed by atoms with Crippen LogP contribution in [-0.4, -0.2) is 28.2 Å². The van der Waals surface area contributed by atoms with Gasteiger partial charge in [-0.1, -0.05) is 141 Å². The van der Waals surface area contributed by atoms with Gasteiger partial charge >= 0.3 is 0 Å². The van der Waals surface area contributed by atoms with E-state index in [1.807, 2.05) is 50.3 Å². The van der Waals surface area contributed by atoms with Crippen molar-refractivity contribution < 1.29 is 15.0 Å². The molecule has 0 aromatic heterocycles. The first-order valence-corrected chi connectivity index (χ1v) is 15.7. The van der Waals surface area contributed by atoms with Gasteiger partial charge in [0.15, 0.2) is 5.78 Å². The number of carbonyl (C=O) groups excluding carboxylic acids is 1. The van der Waals surface area contributed by atoms with Crippen LogP contribution in [0.15, 0.2) is 119 Å². The summed E-state index contributed by atoms with van der Waals surface area (Å²) in [6, 6.07) is 0. The van der Waals surface area contributed by atoms with Crippen molar-refractivity contribution in [3.05, 3.63) is 119 Å². The SMILES string of the molecule is CC1=C(/C=C/C(C)=C/C=C/C(C)=C/C=C/C=C(C)\C=C\C=C(C)\C=C\C(=O)C2(C)CC(O)CC2(C)C)C(C)(C)CC(O)C1. The van der Waals surface area contributed by atoms with Crippen molar-refractivity contribution >= 4 is 5.78 Å². The Bertz CT molecular complexity index is 1310. The maximum atomic E-state index is 12.9. The van der Waals surface area contributed by atoms with Crippen molar-refractivity contribution in [1.82, 2.24) is 0 Å². The van der Waals surface area contributed by atoms with Gasteiger partial charge in [0, 0.05) is 5.41 Å². The van der Waals surface area contributed by atoms with Crippen molar-refractivity contribution in [2.24, 2.45) is 16.2 Å². The molecule has 2 aliphatic rings. The zero-order chi connectivity index (χ0) is 32.4. The number of aliphatic hydroxyl groups is 2. The van der Waals surface area contributed by atoms with Crippen LogP contribution in [0, 0.1) is 16.2 Å². The van der Waals surface area contributed by atoms with Crippen molar-refractivity contribution in [1.29, 1.82) is 0 Å². The summed E-state index contributed by atoms with van der Waals surface area (Å²) in [5.41, 5.74) is 6.34. The predicted octanol–water partition coefficient (Wildman–Crippen LogP) is 9.81. The first-order valence-electron chi connectivity index (χ1n) is 15.7. The van der Waals surface area contributed by atoms with Crippen LogP contribution in [0.25, 0.3) is 0 Å².